The monoisotopic (exact) mass is 425 g/mol. The first kappa shape index (κ1) is 16.8. The Labute approximate surface area is 144 Å². The highest BCUT2D eigenvalue weighted by Crippen LogP contribution is 2.28. The highest BCUT2D eigenvalue weighted by Gasteiger charge is 2.24. The molecule has 0 fully saturated rings. The largest absolute Gasteiger partial charge is 0.421 e. The Bertz CT molecular complexity index is 851. The third-order valence-electron chi connectivity index (χ3n) is 3.41. The van der Waals surface area contributed by atoms with Gasteiger partial charge in [0.2, 0.25) is 0 Å². The smallest absolute Gasteiger partial charge is 0.349 e. The number of hydrogen-bond donors (Lipinski definition) is 1. The molecule has 1 N–H and O–H groups in total. The van der Waals surface area contributed by atoms with Crippen molar-refractivity contribution in [3.8, 4) is 12.3 Å². The summed E-state index contributed by atoms with van der Waals surface area (Å²) in [5, 5.41) is 3.31. The lowest BCUT2D eigenvalue weighted by Crippen LogP contribution is -2.45. The number of benzene rings is 1. The fraction of sp³-hybridized carbons (Fsp3) is 0.250. The molecule has 4 nitrogen and oxygen atoms in total. The van der Waals surface area contributed by atoms with Gasteiger partial charge in [-0.25, -0.2) is 4.79 Å². The molecule has 0 aliphatic carbocycles. The number of halogens is 2. The van der Waals surface area contributed by atoms with Crippen molar-refractivity contribution in [1.82, 2.24) is 5.32 Å². The molecule has 0 spiro atoms. The summed E-state index contributed by atoms with van der Waals surface area (Å²) in [6, 6.07) is 5.02. The van der Waals surface area contributed by atoms with Crippen molar-refractivity contribution in [2.45, 2.75) is 25.8 Å². The molecule has 1 atom stereocenters. The van der Waals surface area contributed by atoms with Gasteiger partial charge in [0.15, 0.2) is 5.58 Å². The zero-order chi connectivity index (χ0) is 16.5. The second-order valence-corrected chi connectivity index (χ2v) is 6.81. The molecule has 1 aromatic heterocycles. The number of carbonyl (C=O) groups excluding carboxylic acids is 1. The van der Waals surface area contributed by atoms with E-state index in [1.165, 1.54) is 6.07 Å². The first-order valence-electron chi connectivity index (χ1n) is 6.53. The first-order chi connectivity index (χ1) is 10.3. The molecule has 0 saturated carbocycles. The average Bonchev–Trinajstić information content (AvgIpc) is 2.47. The molecule has 1 amide bonds. The Balaban J connectivity index is 2.53. The van der Waals surface area contributed by atoms with Crippen LogP contribution in [-0.2, 0) is 0 Å². The minimum Gasteiger partial charge on any atom is -0.421 e. The van der Waals surface area contributed by atoms with E-state index >= 15 is 0 Å². The lowest BCUT2D eigenvalue weighted by Gasteiger charge is -2.23. The minimum atomic E-state index is -0.809. The van der Waals surface area contributed by atoms with Gasteiger partial charge < -0.3 is 9.73 Å². The predicted octanol–water partition coefficient (Wildman–Crippen LogP) is 3.85. The van der Waals surface area contributed by atoms with Crippen LogP contribution in [0.4, 0.5) is 0 Å². The molecule has 114 valence electrons. The van der Waals surface area contributed by atoms with Crippen LogP contribution in [0.5, 0.6) is 0 Å². The fourth-order valence-corrected chi connectivity index (χ4v) is 3.20. The lowest BCUT2D eigenvalue weighted by atomic mass is 9.99. The summed E-state index contributed by atoms with van der Waals surface area (Å²) < 4.78 is 6.67. The molecule has 0 unspecified atom stereocenters. The number of rotatable bonds is 3. The standard InChI is InChI=1S/C16H13Br2NO3/c1-4-16(3,5-2)19-14(20)11-7-9-6-10(17)8-12(18)13(9)22-15(11)21/h1,6-8H,5H2,2-3H3,(H,19,20)/t16-/m1/s1. The number of amides is 1. The van der Waals surface area contributed by atoms with Crippen LogP contribution in [0, 0.1) is 12.3 Å². The van der Waals surface area contributed by atoms with Crippen LogP contribution in [0.25, 0.3) is 11.0 Å². The predicted molar refractivity (Wildman–Crippen MR) is 92.9 cm³/mol. The summed E-state index contributed by atoms with van der Waals surface area (Å²) >= 11 is 6.68. The molecule has 2 aromatic rings. The molecular formula is C16H13Br2NO3. The van der Waals surface area contributed by atoms with Gasteiger partial charge in [0.25, 0.3) is 5.91 Å². The van der Waals surface area contributed by atoms with Crippen LogP contribution in [0.3, 0.4) is 0 Å². The maximum Gasteiger partial charge on any atom is 0.349 e. The summed E-state index contributed by atoms with van der Waals surface area (Å²) in [6.45, 7) is 3.58. The molecule has 0 bridgehead atoms. The van der Waals surface area contributed by atoms with E-state index in [9.17, 15) is 9.59 Å². The number of fused-ring (bicyclic) bond motifs is 1. The van der Waals surface area contributed by atoms with Crippen LogP contribution in [0.1, 0.15) is 30.6 Å². The summed E-state index contributed by atoms with van der Waals surface area (Å²) in [7, 11) is 0. The molecule has 2 rings (SSSR count). The van der Waals surface area contributed by atoms with Crippen LogP contribution < -0.4 is 10.9 Å². The maximum atomic E-state index is 12.3. The minimum absolute atomic E-state index is 0.0765. The van der Waals surface area contributed by atoms with Gasteiger partial charge in [0, 0.05) is 9.86 Å². The maximum absolute atomic E-state index is 12.3. The van der Waals surface area contributed by atoms with Gasteiger partial charge in [0.05, 0.1) is 10.0 Å². The third-order valence-corrected chi connectivity index (χ3v) is 4.46. The molecule has 1 heterocycles. The van der Waals surface area contributed by atoms with Crippen molar-refractivity contribution < 1.29 is 9.21 Å². The van der Waals surface area contributed by atoms with Crippen LogP contribution in [0.2, 0.25) is 0 Å². The van der Waals surface area contributed by atoms with Gasteiger partial charge in [-0.15, -0.1) is 6.42 Å². The molecule has 6 heteroatoms. The number of nitrogens with one attached hydrogen (secondary N) is 1. The normalized spacial score (nSPS) is 13.4. The van der Waals surface area contributed by atoms with E-state index < -0.39 is 17.1 Å². The van der Waals surface area contributed by atoms with Gasteiger partial charge in [-0.3, -0.25) is 4.79 Å². The molecule has 0 saturated heterocycles. The summed E-state index contributed by atoms with van der Waals surface area (Å²) in [5.74, 6) is 1.98. The van der Waals surface area contributed by atoms with E-state index in [1.807, 2.05) is 6.92 Å². The summed E-state index contributed by atoms with van der Waals surface area (Å²) in [4.78, 5) is 24.4. The number of carbonyl (C=O) groups is 1. The van der Waals surface area contributed by atoms with Crippen molar-refractivity contribution >= 4 is 48.7 Å². The second kappa shape index (κ2) is 6.27. The Morgan fingerprint density at radius 2 is 2.09 bits per heavy atom. The average molecular weight is 427 g/mol. The van der Waals surface area contributed by atoms with E-state index in [4.69, 9.17) is 10.8 Å². The Morgan fingerprint density at radius 3 is 2.68 bits per heavy atom. The zero-order valence-corrected chi connectivity index (χ0v) is 15.2. The molecule has 0 aliphatic heterocycles. The summed E-state index contributed by atoms with van der Waals surface area (Å²) in [6.07, 6.45) is 5.98. The van der Waals surface area contributed by atoms with E-state index in [2.05, 4.69) is 43.1 Å². The molecule has 0 radical (unpaired) electrons. The highest BCUT2D eigenvalue weighted by molar-refractivity contribution is 9.11. The highest BCUT2D eigenvalue weighted by atomic mass is 79.9. The molecule has 22 heavy (non-hydrogen) atoms. The lowest BCUT2D eigenvalue weighted by molar-refractivity contribution is 0.0920. The SMILES string of the molecule is C#C[C@](C)(CC)NC(=O)c1cc2cc(Br)cc(Br)c2oc1=O. The van der Waals surface area contributed by atoms with Crippen molar-refractivity contribution in [3.63, 3.8) is 0 Å². The Morgan fingerprint density at radius 1 is 1.41 bits per heavy atom. The number of hydrogen-bond acceptors (Lipinski definition) is 3. The van der Waals surface area contributed by atoms with Crippen LogP contribution >= 0.6 is 31.9 Å². The van der Waals surface area contributed by atoms with Crippen molar-refractivity contribution in [3.05, 3.63) is 43.1 Å². The number of terminal acetylenes is 1. The van der Waals surface area contributed by atoms with E-state index in [-0.39, 0.29) is 5.56 Å². The fourth-order valence-electron chi connectivity index (χ4n) is 1.86. The summed E-state index contributed by atoms with van der Waals surface area (Å²) in [5.41, 5.74) is -1.20. The van der Waals surface area contributed by atoms with Gasteiger partial charge in [-0.05, 0) is 47.5 Å². The Hall–Kier alpha value is -1.58. The van der Waals surface area contributed by atoms with Crippen molar-refractivity contribution in [2.75, 3.05) is 0 Å². The zero-order valence-electron chi connectivity index (χ0n) is 12.0. The van der Waals surface area contributed by atoms with Gasteiger partial charge in [0.1, 0.15) is 5.56 Å². The molecular weight excluding hydrogens is 414 g/mol. The molecule has 1 aromatic carbocycles. The Kier molecular flexibility index (Phi) is 4.78. The molecule has 0 aliphatic rings. The van der Waals surface area contributed by atoms with Gasteiger partial charge in [-0.2, -0.15) is 0 Å². The second-order valence-electron chi connectivity index (χ2n) is 5.04. The quantitative estimate of drug-likeness (QED) is 0.599. The van der Waals surface area contributed by atoms with Gasteiger partial charge >= 0.3 is 5.63 Å². The van der Waals surface area contributed by atoms with Gasteiger partial charge in [-0.1, -0.05) is 28.8 Å². The van der Waals surface area contributed by atoms with E-state index in [0.29, 0.717) is 21.9 Å². The van der Waals surface area contributed by atoms with Crippen LogP contribution in [0.15, 0.2) is 36.4 Å². The van der Waals surface area contributed by atoms with Crippen molar-refractivity contribution in [2.24, 2.45) is 0 Å². The van der Waals surface area contributed by atoms with Crippen LogP contribution in [-0.4, -0.2) is 11.4 Å². The van der Waals surface area contributed by atoms with E-state index in [0.717, 1.165) is 4.47 Å². The topological polar surface area (TPSA) is 59.3 Å². The van der Waals surface area contributed by atoms with Crippen molar-refractivity contribution in [1.29, 1.82) is 0 Å². The third kappa shape index (κ3) is 3.26. The first-order valence-corrected chi connectivity index (χ1v) is 8.11. The van der Waals surface area contributed by atoms with E-state index in [1.54, 1.807) is 19.1 Å².